The van der Waals surface area contributed by atoms with Gasteiger partial charge in [-0.2, -0.15) is 0 Å². The maximum absolute atomic E-state index is 11.5. The highest BCUT2D eigenvalue weighted by atomic mass is 35.5. The van der Waals surface area contributed by atoms with Gasteiger partial charge in [0.15, 0.2) is 5.58 Å². The highest BCUT2D eigenvalue weighted by Crippen LogP contribution is 2.31. The maximum atomic E-state index is 11.5. The van der Waals surface area contributed by atoms with Crippen molar-refractivity contribution in [2.75, 3.05) is 7.11 Å². The number of hydrogen-bond donors (Lipinski definition) is 0. The number of esters is 1. The second-order valence-electron chi connectivity index (χ2n) is 5.03. The molecule has 2 aromatic rings. The van der Waals surface area contributed by atoms with E-state index in [4.69, 9.17) is 16.0 Å². The highest BCUT2D eigenvalue weighted by Gasteiger charge is 2.23. The number of ether oxygens (including phenoxy) is 1. The second-order valence-corrected chi connectivity index (χ2v) is 5.41. The van der Waals surface area contributed by atoms with Gasteiger partial charge >= 0.3 is 5.97 Å². The summed E-state index contributed by atoms with van der Waals surface area (Å²) in [6.07, 6.45) is 0. The van der Waals surface area contributed by atoms with Gasteiger partial charge in [-0.3, -0.25) is 0 Å². The summed E-state index contributed by atoms with van der Waals surface area (Å²) in [6, 6.07) is 3.25. The predicted molar refractivity (Wildman–Crippen MR) is 69.1 cm³/mol. The molecule has 0 radical (unpaired) electrons. The summed E-state index contributed by atoms with van der Waals surface area (Å²) in [5, 5.41) is 0.263. The van der Waals surface area contributed by atoms with Crippen molar-refractivity contribution < 1.29 is 13.9 Å². The largest absolute Gasteiger partial charge is 0.465 e. The molecular weight excluding hydrogens is 254 g/mol. The molecule has 0 bridgehead atoms. The Bertz CT molecular complexity index is 610. The molecule has 1 aromatic heterocycles. The van der Waals surface area contributed by atoms with Gasteiger partial charge in [0.05, 0.1) is 17.7 Å². The van der Waals surface area contributed by atoms with E-state index in [1.165, 1.54) is 7.11 Å². The van der Waals surface area contributed by atoms with Gasteiger partial charge in [-0.05, 0) is 12.1 Å². The molecule has 2 rings (SSSR count). The van der Waals surface area contributed by atoms with Crippen molar-refractivity contribution in [3.05, 3.63) is 28.6 Å². The Labute approximate surface area is 110 Å². The van der Waals surface area contributed by atoms with Crippen molar-refractivity contribution in [2.45, 2.75) is 26.2 Å². The molecule has 0 fully saturated rings. The van der Waals surface area contributed by atoms with E-state index in [2.05, 4.69) is 9.72 Å². The molecule has 0 N–H and O–H groups in total. The molecule has 96 valence electrons. The number of carbonyl (C=O) groups is 1. The van der Waals surface area contributed by atoms with Crippen LogP contribution in [0.4, 0.5) is 0 Å². The van der Waals surface area contributed by atoms with Gasteiger partial charge in [-0.1, -0.05) is 32.4 Å². The number of benzene rings is 1. The van der Waals surface area contributed by atoms with Crippen LogP contribution >= 0.6 is 11.6 Å². The number of aromatic nitrogens is 1. The molecular formula is C13H14ClNO3. The minimum atomic E-state index is -0.484. The summed E-state index contributed by atoms with van der Waals surface area (Å²) in [5.74, 6) is 0.101. The van der Waals surface area contributed by atoms with E-state index < -0.39 is 5.97 Å². The van der Waals surface area contributed by atoms with Crippen LogP contribution in [-0.4, -0.2) is 18.1 Å². The van der Waals surface area contributed by atoms with E-state index in [1.807, 2.05) is 20.8 Å². The van der Waals surface area contributed by atoms with Crippen LogP contribution in [0.25, 0.3) is 11.1 Å². The van der Waals surface area contributed by atoms with Crippen molar-refractivity contribution in [3.8, 4) is 0 Å². The van der Waals surface area contributed by atoms with Crippen molar-refractivity contribution in [1.29, 1.82) is 0 Å². The third-order valence-electron chi connectivity index (χ3n) is 2.55. The van der Waals surface area contributed by atoms with Crippen LogP contribution < -0.4 is 0 Å². The first-order valence-corrected chi connectivity index (χ1v) is 5.90. The Balaban J connectivity index is 2.64. The fourth-order valence-electron chi connectivity index (χ4n) is 1.55. The average Bonchev–Trinajstić information content (AvgIpc) is 2.73. The Morgan fingerprint density at radius 3 is 2.61 bits per heavy atom. The van der Waals surface area contributed by atoms with Gasteiger partial charge in [-0.25, -0.2) is 9.78 Å². The van der Waals surface area contributed by atoms with Gasteiger partial charge in [0.1, 0.15) is 5.52 Å². The minimum Gasteiger partial charge on any atom is -0.465 e. The van der Waals surface area contributed by atoms with E-state index in [0.29, 0.717) is 22.6 Å². The van der Waals surface area contributed by atoms with E-state index in [1.54, 1.807) is 12.1 Å². The number of fused-ring (bicyclic) bond motifs is 1. The molecule has 18 heavy (non-hydrogen) atoms. The SMILES string of the molecule is COC(=O)c1ccc2oc(C(C)(C)C)nc2c1Cl. The predicted octanol–water partition coefficient (Wildman–Crippen LogP) is 3.57. The monoisotopic (exact) mass is 267 g/mol. The fourth-order valence-corrected chi connectivity index (χ4v) is 1.83. The summed E-state index contributed by atoms with van der Waals surface area (Å²) < 4.78 is 10.3. The van der Waals surface area contributed by atoms with Crippen LogP contribution in [0.3, 0.4) is 0 Å². The van der Waals surface area contributed by atoms with Crippen LogP contribution in [-0.2, 0) is 10.2 Å². The molecule has 0 spiro atoms. The van der Waals surface area contributed by atoms with E-state index in [-0.39, 0.29) is 10.4 Å². The van der Waals surface area contributed by atoms with E-state index in [0.717, 1.165) is 0 Å². The smallest absolute Gasteiger partial charge is 0.339 e. The molecule has 0 saturated heterocycles. The Morgan fingerprint density at radius 1 is 1.39 bits per heavy atom. The molecule has 0 aliphatic heterocycles. The molecule has 0 unspecified atom stereocenters. The Morgan fingerprint density at radius 2 is 2.06 bits per heavy atom. The number of methoxy groups -OCH3 is 1. The van der Waals surface area contributed by atoms with Gasteiger partial charge in [0.25, 0.3) is 0 Å². The summed E-state index contributed by atoms with van der Waals surface area (Å²) in [6.45, 7) is 5.98. The van der Waals surface area contributed by atoms with Crippen LogP contribution in [0.2, 0.25) is 5.02 Å². The van der Waals surface area contributed by atoms with Gasteiger partial charge in [0, 0.05) is 5.41 Å². The molecule has 4 nitrogen and oxygen atoms in total. The minimum absolute atomic E-state index is 0.215. The lowest BCUT2D eigenvalue weighted by molar-refractivity contribution is 0.0601. The lowest BCUT2D eigenvalue weighted by Gasteiger charge is -2.11. The normalized spacial score (nSPS) is 11.8. The second kappa shape index (κ2) is 4.28. The van der Waals surface area contributed by atoms with Crippen LogP contribution in [0.1, 0.15) is 37.0 Å². The third kappa shape index (κ3) is 2.08. The molecule has 0 aliphatic rings. The van der Waals surface area contributed by atoms with Gasteiger partial charge in [0.2, 0.25) is 5.89 Å². The summed E-state index contributed by atoms with van der Waals surface area (Å²) in [5.41, 5.74) is 1.14. The van der Waals surface area contributed by atoms with Gasteiger partial charge < -0.3 is 9.15 Å². The van der Waals surface area contributed by atoms with E-state index >= 15 is 0 Å². The summed E-state index contributed by atoms with van der Waals surface area (Å²) in [4.78, 5) is 15.9. The maximum Gasteiger partial charge on any atom is 0.339 e. The average molecular weight is 268 g/mol. The van der Waals surface area contributed by atoms with Crippen molar-refractivity contribution >= 4 is 28.7 Å². The van der Waals surface area contributed by atoms with Crippen molar-refractivity contribution in [3.63, 3.8) is 0 Å². The zero-order valence-electron chi connectivity index (χ0n) is 10.7. The Hall–Kier alpha value is -1.55. The van der Waals surface area contributed by atoms with Crippen molar-refractivity contribution in [2.24, 2.45) is 0 Å². The molecule has 0 amide bonds. The lowest BCUT2D eigenvalue weighted by atomic mass is 9.97. The summed E-state index contributed by atoms with van der Waals surface area (Å²) >= 11 is 6.16. The number of rotatable bonds is 1. The topological polar surface area (TPSA) is 52.3 Å². The number of oxazole rings is 1. The van der Waals surface area contributed by atoms with Crippen LogP contribution in [0.5, 0.6) is 0 Å². The molecule has 5 heteroatoms. The molecule has 0 atom stereocenters. The molecule has 1 heterocycles. The van der Waals surface area contributed by atoms with Gasteiger partial charge in [-0.15, -0.1) is 0 Å². The molecule has 0 saturated carbocycles. The molecule has 1 aromatic carbocycles. The highest BCUT2D eigenvalue weighted by molar-refractivity contribution is 6.37. The zero-order chi connectivity index (χ0) is 13.5. The van der Waals surface area contributed by atoms with Crippen molar-refractivity contribution in [1.82, 2.24) is 4.98 Å². The fraction of sp³-hybridized carbons (Fsp3) is 0.385. The third-order valence-corrected chi connectivity index (χ3v) is 2.93. The number of carbonyl (C=O) groups excluding carboxylic acids is 1. The molecule has 0 aliphatic carbocycles. The van der Waals surface area contributed by atoms with Crippen LogP contribution in [0.15, 0.2) is 16.5 Å². The number of nitrogens with zero attached hydrogens (tertiary/aromatic N) is 1. The number of halogens is 1. The lowest BCUT2D eigenvalue weighted by Crippen LogP contribution is -2.11. The first-order valence-electron chi connectivity index (χ1n) is 5.52. The first kappa shape index (κ1) is 12.9. The van der Waals surface area contributed by atoms with Crippen LogP contribution in [0, 0.1) is 0 Å². The zero-order valence-corrected chi connectivity index (χ0v) is 11.5. The first-order chi connectivity index (χ1) is 8.34. The quantitative estimate of drug-likeness (QED) is 0.741. The Kier molecular flexibility index (Phi) is 3.07. The standard InChI is InChI=1S/C13H14ClNO3/c1-13(2,3)12-15-10-8(18-12)6-5-7(9(10)14)11(16)17-4/h5-6H,1-4H3. The number of hydrogen-bond acceptors (Lipinski definition) is 4. The summed E-state index contributed by atoms with van der Waals surface area (Å²) in [7, 11) is 1.31. The van der Waals surface area contributed by atoms with E-state index in [9.17, 15) is 4.79 Å².